The summed E-state index contributed by atoms with van der Waals surface area (Å²) < 4.78 is 1.55. The van der Waals surface area contributed by atoms with E-state index in [1.54, 1.807) is 16.7 Å². The largest absolute Gasteiger partial charge is 0.384 e. The van der Waals surface area contributed by atoms with Gasteiger partial charge in [-0.05, 0) is 19.1 Å². The van der Waals surface area contributed by atoms with E-state index in [1.165, 1.54) is 11.8 Å². The number of hydrogen-bond donors (Lipinski definition) is 2. The fourth-order valence-corrected chi connectivity index (χ4v) is 2.64. The summed E-state index contributed by atoms with van der Waals surface area (Å²) in [5.74, 6) is 0.929. The number of nitrogens with one attached hydrogen (secondary N) is 1. The van der Waals surface area contributed by atoms with Crippen LogP contribution < -0.4 is 11.4 Å². The Morgan fingerprint density at radius 3 is 3.06 bits per heavy atom. The van der Waals surface area contributed by atoms with Gasteiger partial charge in [-0.25, -0.2) is 14.9 Å². The van der Waals surface area contributed by atoms with Crippen LogP contribution in [0.2, 0.25) is 5.02 Å². The summed E-state index contributed by atoms with van der Waals surface area (Å²) >= 11 is 7.40. The van der Waals surface area contributed by atoms with E-state index in [2.05, 4.69) is 15.2 Å². The first-order chi connectivity index (χ1) is 8.61. The number of nitrogen functional groups attached to an aromatic ring is 1. The lowest BCUT2D eigenvalue weighted by Gasteiger charge is -2.04. The van der Waals surface area contributed by atoms with Crippen molar-refractivity contribution in [2.24, 2.45) is 0 Å². The maximum absolute atomic E-state index is 11.4. The third kappa shape index (κ3) is 2.68. The van der Waals surface area contributed by atoms with E-state index in [0.29, 0.717) is 34.0 Å². The molecule has 2 aromatic rings. The molecule has 0 bridgehead atoms. The Morgan fingerprint density at radius 1 is 1.56 bits per heavy atom. The molecule has 0 saturated carbocycles. The van der Waals surface area contributed by atoms with Crippen LogP contribution in [0.15, 0.2) is 22.1 Å². The Bertz CT molecular complexity index is 609. The molecular weight excluding hydrogens is 274 g/mol. The van der Waals surface area contributed by atoms with Gasteiger partial charge in [-0.2, -0.15) is 0 Å². The van der Waals surface area contributed by atoms with E-state index in [0.717, 1.165) is 0 Å². The average molecular weight is 286 g/mol. The van der Waals surface area contributed by atoms with Crippen molar-refractivity contribution in [3.8, 4) is 0 Å². The third-order valence-corrected chi connectivity index (χ3v) is 3.65. The predicted molar refractivity (Wildman–Crippen MR) is 71.7 cm³/mol. The molecule has 96 valence electrons. The first-order valence-corrected chi connectivity index (χ1v) is 6.67. The molecule has 0 unspecified atom stereocenters. The second-order valence-corrected chi connectivity index (χ2v) is 4.86. The molecule has 8 heteroatoms. The van der Waals surface area contributed by atoms with Gasteiger partial charge in [0.05, 0.1) is 10.7 Å². The molecule has 3 N–H and O–H groups in total. The highest BCUT2D eigenvalue weighted by Crippen LogP contribution is 2.24. The van der Waals surface area contributed by atoms with Crippen LogP contribution in [-0.2, 0) is 12.3 Å². The van der Waals surface area contributed by atoms with Crippen LogP contribution >= 0.6 is 23.4 Å². The Morgan fingerprint density at radius 2 is 2.33 bits per heavy atom. The molecule has 0 spiro atoms. The Hall–Kier alpha value is -1.47. The quantitative estimate of drug-likeness (QED) is 0.831. The molecule has 2 rings (SSSR count). The van der Waals surface area contributed by atoms with Gasteiger partial charge in [0.2, 0.25) is 0 Å². The van der Waals surface area contributed by atoms with Gasteiger partial charge in [0.25, 0.3) is 0 Å². The van der Waals surface area contributed by atoms with Crippen LogP contribution in [0.4, 0.5) is 5.82 Å². The number of hydrogen-bond acceptors (Lipinski definition) is 5. The number of aromatic amines is 1. The molecule has 0 amide bonds. The Labute approximate surface area is 113 Å². The number of aromatic nitrogens is 4. The third-order valence-electron chi connectivity index (χ3n) is 2.32. The zero-order chi connectivity index (χ0) is 13.1. The number of H-pyrrole nitrogens is 1. The van der Waals surface area contributed by atoms with Crippen molar-refractivity contribution in [1.82, 2.24) is 19.7 Å². The van der Waals surface area contributed by atoms with Crippen LogP contribution in [0.5, 0.6) is 0 Å². The van der Waals surface area contributed by atoms with Crippen molar-refractivity contribution in [3.05, 3.63) is 33.3 Å². The second-order valence-electron chi connectivity index (χ2n) is 3.51. The molecular formula is C10H12ClN5OS. The summed E-state index contributed by atoms with van der Waals surface area (Å²) in [5, 5.41) is 7.52. The molecule has 0 atom stereocenters. The topological polar surface area (TPSA) is 89.6 Å². The first kappa shape index (κ1) is 13.0. The number of halogens is 1. The number of nitrogens with two attached hydrogens (primary N) is 1. The highest BCUT2D eigenvalue weighted by Gasteiger charge is 2.09. The van der Waals surface area contributed by atoms with Gasteiger partial charge < -0.3 is 5.73 Å². The van der Waals surface area contributed by atoms with Crippen molar-refractivity contribution in [1.29, 1.82) is 0 Å². The number of nitrogens with zero attached hydrogens (tertiary/aromatic N) is 3. The minimum atomic E-state index is -0.216. The molecule has 0 aliphatic heterocycles. The molecule has 0 aliphatic carbocycles. The summed E-state index contributed by atoms with van der Waals surface area (Å²) in [5.41, 5.74) is 6.06. The number of pyridine rings is 1. The standard InChI is InChI=1S/C10H12ClN5OS/c1-2-16-9(17)14-15-10(16)18-5-7-6(11)3-4-8(12)13-7/h3-4H,2,5H2,1H3,(H2,12,13)(H,14,17). The van der Waals surface area contributed by atoms with Gasteiger partial charge in [-0.3, -0.25) is 4.57 Å². The van der Waals surface area contributed by atoms with Crippen molar-refractivity contribution in [3.63, 3.8) is 0 Å². The minimum Gasteiger partial charge on any atom is -0.384 e. The van der Waals surface area contributed by atoms with Crippen LogP contribution in [-0.4, -0.2) is 19.7 Å². The lowest BCUT2D eigenvalue weighted by atomic mass is 10.4. The van der Waals surface area contributed by atoms with Gasteiger partial charge in [0.1, 0.15) is 5.82 Å². The molecule has 18 heavy (non-hydrogen) atoms. The van der Waals surface area contributed by atoms with Crippen LogP contribution in [0.25, 0.3) is 0 Å². The summed E-state index contributed by atoms with van der Waals surface area (Å²) in [7, 11) is 0. The number of rotatable bonds is 4. The van der Waals surface area contributed by atoms with Gasteiger partial charge in [0, 0.05) is 12.3 Å². The highest BCUT2D eigenvalue weighted by molar-refractivity contribution is 7.98. The summed E-state index contributed by atoms with van der Waals surface area (Å²) in [6.07, 6.45) is 0. The molecule has 0 aliphatic rings. The number of thioether (sulfide) groups is 1. The summed E-state index contributed by atoms with van der Waals surface area (Å²) in [6, 6.07) is 3.35. The van der Waals surface area contributed by atoms with Crippen LogP contribution in [0.3, 0.4) is 0 Å². The molecule has 2 aromatic heterocycles. The Balaban J connectivity index is 2.16. The molecule has 6 nitrogen and oxygen atoms in total. The van der Waals surface area contributed by atoms with Crippen molar-refractivity contribution in [2.45, 2.75) is 24.4 Å². The lowest BCUT2D eigenvalue weighted by Crippen LogP contribution is -2.16. The van der Waals surface area contributed by atoms with E-state index in [-0.39, 0.29) is 5.69 Å². The van der Waals surface area contributed by atoms with E-state index in [9.17, 15) is 4.79 Å². The van der Waals surface area contributed by atoms with Crippen LogP contribution in [0, 0.1) is 0 Å². The second kappa shape index (κ2) is 5.45. The Kier molecular flexibility index (Phi) is 3.93. The maximum Gasteiger partial charge on any atom is 0.343 e. The van der Waals surface area contributed by atoms with Crippen molar-refractivity contribution < 1.29 is 0 Å². The van der Waals surface area contributed by atoms with Crippen molar-refractivity contribution >= 4 is 29.2 Å². The zero-order valence-electron chi connectivity index (χ0n) is 9.68. The summed E-state index contributed by atoms with van der Waals surface area (Å²) in [6.45, 7) is 2.45. The fourth-order valence-electron chi connectivity index (χ4n) is 1.43. The van der Waals surface area contributed by atoms with E-state index in [1.807, 2.05) is 6.92 Å². The molecule has 0 saturated heterocycles. The average Bonchev–Trinajstić information content (AvgIpc) is 2.71. The monoisotopic (exact) mass is 285 g/mol. The van der Waals surface area contributed by atoms with Gasteiger partial charge in [-0.15, -0.1) is 5.10 Å². The predicted octanol–water partition coefficient (Wildman–Crippen LogP) is 1.51. The SMILES string of the molecule is CCn1c(SCc2nc(N)ccc2Cl)n[nH]c1=O. The number of anilines is 1. The van der Waals surface area contributed by atoms with Gasteiger partial charge in [0.15, 0.2) is 5.16 Å². The highest BCUT2D eigenvalue weighted by atomic mass is 35.5. The van der Waals surface area contributed by atoms with E-state index >= 15 is 0 Å². The smallest absolute Gasteiger partial charge is 0.343 e. The molecule has 0 radical (unpaired) electrons. The normalized spacial score (nSPS) is 10.8. The van der Waals surface area contributed by atoms with E-state index in [4.69, 9.17) is 17.3 Å². The van der Waals surface area contributed by atoms with Gasteiger partial charge >= 0.3 is 5.69 Å². The van der Waals surface area contributed by atoms with Crippen molar-refractivity contribution in [2.75, 3.05) is 5.73 Å². The first-order valence-electron chi connectivity index (χ1n) is 5.30. The summed E-state index contributed by atoms with van der Waals surface area (Å²) in [4.78, 5) is 15.5. The van der Waals surface area contributed by atoms with E-state index < -0.39 is 0 Å². The molecule has 2 heterocycles. The zero-order valence-corrected chi connectivity index (χ0v) is 11.3. The van der Waals surface area contributed by atoms with Crippen LogP contribution in [0.1, 0.15) is 12.6 Å². The maximum atomic E-state index is 11.4. The lowest BCUT2D eigenvalue weighted by molar-refractivity contribution is 0.660. The van der Waals surface area contributed by atoms with Gasteiger partial charge in [-0.1, -0.05) is 23.4 Å². The molecule has 0 fully saturated rings. The minimum absolute atomic E-state index is 0.216. The fraction of sp³-hybridized carbons (Fsp3) is 0.300. The molecule has 0 aromatic carbocycles.